The number of alkyl halides is 2. The number of ketones is 1. The van der Waals surface area contributed by atoms with Gasteiger partial charge in [-0.1, -0.05) is 18.5 Å². The van der Waals surface area contributed by atoms with E-state index >= 15 is 0 Å². The van der Waals surface area contributed by atoms with Gasteiger partial charge in [0.15, 0.2) is 0 Å². The lowest BCUT2D eigenvalue weighted by Gasteiger charge is -2.29. The van der Waals surface area contributed by atoms with Gasteiger partial charge in [-0.15, -0.1) is 0 Å². The number of ether oxygens (including phenoxy) is 3. The van der Waals surface area contributed by atoms with Crippen LogP contribution in [0.1, 0.15) is 52.4 Å². The SMILES string of the molecule is CC(=O)C[C@@H](C)COC1CCC(Oc2nc3cnc(OCC4CC4(F)F)c(Cl)c3n2C)CC1. The van der Waals surface area contributed by atoms with E-state index in [9.17, 15) is 13.6 Å². The Labute approximate surface area is 196 Å². The maximum atomic E-state index is 13.1. The van der Waals surface area contributed by atoms with Crippen LogP contribution >= 0.6 is 11.6 Å². The minimum absolute atomic E-state index is 0.00885. The molecule has 0 N–H and O–H groups in total. The van der Waals surface area contributed by atoms with E-state index in [0.717, 1.165) is 25.7 Å². The molecule has 2 aliphatic rings. The van der Waals surface area contributed by atoms with Crippen LogP contribution in [0.2, 0.25) is 5.02 Å². The van der Waals surface area contributed by atoms with Crippen LogP contribution in [-0.2, 0) is 16.6 Å². The van der Waals surface area contributed by atoms with Crippen LogP contribution in [-0.4, -0.2) is 51.7 Å². The van der Waals surface area contributed by atoms with Gasteiger partial charge < -0.3 is 19.0 Å². The summed E-state index contributed by atoms with van der Waals surface area (Å²) in [5.41, 5.74) is 1.15. The number of rotatable bonds is 10. The second kappa shape index (κ2) is 9.70. The second-order valence-corrected chi connectivity index (χ2v) is 9.78. The molecular formula is C23H30ClF2N3O4. The third-order valence-corrected chi connectivity index (χ3v) is 6.64. The number of aryl methyl sites for hydroxylation is 1. The van der Waals surface area contributed by atoms with Crippen molar-refractivity contribution >= 4 is 28.4 Å². The molecule has 33 heavy (non-hydrogen) atoms. The molecule has 0 saturated heterocycles. The molecule has 0 bridgehead atoms. The minimum Gasteiger partial charge on any atom is -0.476 e. The number of hydrogen-bond acceptors (Lipinski definition) is 6. The number of carbonyl (C=O) groups excluding carboxylic acids is 1. The number of hydrogen-bond donors (Lipinski definition) is 0. The smallest absolute Gasteiger partial charge is 0.297 e. The van der Waals surface area contributed by atoms with Crippen molar-refractivity contribution in [3.8, 4) is 11.9 Å². The Morgan fingerprint density at radius 1 is 1.30 bits per heavy atom. The van der Waals surface area contributed by atoms with E-state index in [1.54, 1.807) is 18.5 Å². The Hall–Kier alpha value is -2.00. The second-order valence-electron chi connectivity index (χ2n) is 9.40. The van der Waals surface area contributed by atoms with E-state index in [1.807, 2.05) is 6.92 Å². The average Bonchev–Trinajstić information content (AvgIpc) is 3.24. The van der Waals surface area contributed by atoms with Gasteiger partial charge in [0.05, 0.1) is 30.3 Å². The Balaban J connectivity index is 1.32. The molecule has 2 aliphatic carbocycles. The summed E-state index contributed by atoms with van der Waals surface area (Å²) in [5.74, 6) is -2.90. The number of Topliss-reactive ketones (excluding diaryl/α,β-unsaturated/α-hetero) is 1. The summed E-state index contributed by atoms with van der Waals surface area (Å²) in [7, 11) is 1.79. The van der Waals surface area contributed by atoms with Gasteiger partial charge in [0.2, 0.25) is 5.88 Å². The lowest BCUT2D eigenvalue weighted by Crippen LogP contribution is -2.30. The Morgan fingerprint density at radius 2 is 1.97 bits per heavy atom. The monoisotopic (exact) mass is 485 g/mol. The summed E-state index contributed by atoms with van der Waals surface area (Å²) in [6, 6.07) is 0.430. The molecule has 2 fully saturated rings. The number of pyridine rings is 1. The normalized spacial score (nSPS) is 25.1. The van der Waals surface area contributed by atoms with E-state index in [2.05, 4.69) is 9.97 Å². The van der Waals surface area contributed by atoms with Crippen molar-refractivity contribution in [2.75, 3.05) is 13.2 Å². The van der Waals surface area contributed by atoms with Crippen molar-refractivity contribution in [1.29, 1.82) is 0 Å². The quantitative estimate of drug-likeness (QED) is 0.472. The molecule has 7 nitrogen and oxygen atoms in total. The Bertz CT molecular complexity index is 1010. The lowest BCUT2D eigenvalue weighted by molar-refractivity contribution is -0.118. The molecule has 182 valence electrons. The van der Waals surface area contributed by atoms with Gasteiger partial charge in [0, 0.05) is 26.5 Å². The van der Waals surface area contributed by atoms with Crippen LogP contribution in [0.3, 0.4) is 0 Å². The topological polar surface area (TPSA) is 75.5 Å². The summed E-state index contributed by atoms with van der Waals surface area (Å²) < 4.78 is 45.5. The van der Waals surface area contributed by atoms with Gasteiger partial charge in [-0.3, -0.25) is 4.57 Å². The van der Waals surface area contributed by atoms with Crippen LogP contribution < -0.4 is 9.47 Å². The zero-order chi connectivity index (χ0) is 23.8. The summed E-state index contributed by atoms with van der Waals surface area (Å²) in [4.78, 5) is 19.9. The van der Waals surface area contributed by atoms with Gasteiger partial charge in [-0.25, -0.2) is 13.8 Å². The zero-order valence-electron chi connectivity index (χ0n) is 19.2. The third kappa shape index (κ3) is 5.74. The number of imidazole rings is 1. The van der Waals surface area contributed by atoms with Crippen LogP contribution in [0.25, 0.3) is 11.0 Å². The summed E-state index contributed by atoms with van der Waals surface area (Å²) in [6.45, 7) is 4.10. The highest BCUT2D eigenvalue weighted by molar-refractivity contribution is 6.36. The zero-order valence-corrected chi connectivity index (χ0v) is 19.9. The first-order chi connectivity index (χ1) is 15.6. The van der Waals surface area contributed by atoms with Gasteiger partial charge in [0.25, 0.3) is 11.9 Å². The van der Waals surface area contributed by atoms with E-state index in [4.69, 9.17) is 25.8 Å². The first-order valence-electron chi connectivity index (χ1n) is 11.4. The average molecular weight is 486 g/mol. The number of fused-ring (bicyclic) bond motifs is 1. The van der Waals surface area contributed by atoms with Gasteiger partial charge in [-0.05, 0) is 38.5 Å². The molecule has 2 aromatic heterocycles. The van der Waals surface area contributed by atoms with Crippen LogP contribution in [0.4, 0.5) is 8.78 Å². The number of aromatic nitrogens is 3. The van der Waals surface area contributed by atoms with Gasteiger partial charge in [-0.2, -0.15) is 4.98 Å². The predicted molar refractivity (Wildman–Crippen MR) is 119 cm³/mol. The van der Waals surface area contributed by atoms with E-state index in [1.165, 1.54) is 6.20 Å². The molecule has 0 spiro atoms. The maximum absolute atomic E-state index is 13.1. The van der Waals surface area contributed by atoms with Crippen molar-refractivity contribution in [3.05, 3.63) is 11.2 Å². The fourth-order valence-electron chi connectivity index (χ4n) is 4.28. The Morgan fingerprint density at radius 3 is 2.61 bits per heavy atom. The summed E-state index contributed by atoms with van der Waals surface area (Å²) in [6.07, 6.45) is 5.52. The maximum Gasteiger partial charge on any atom is 0.297 e. The largest absolute Gasteiger partial charge is 0.476 e. The fraction of sp³-hybridized carbons (Fsp3) is 0.696. The number of nitrogens with zero attached hydrogens (tertiary/aromatic N) is 3. The van der Waals surface area contributed by atoms with Crippen molar-refractivity contribution < 1.29 is 27.8 Å². The summed E-state index contributed by atoms with van der Waals surface area (Å²) in [5, 5.41) is 0.234. The minimum atomic E-state index is -2.65. The molecule has 0 aliphatic heterocycles. The molecule has 2 heterocycles. The molecule has 2 saturated carbocycles. The molecule has 1 unspecified atom stereocenters. The van der Waals surface area contributed by atoms with Gasteiger partial charge >= 0.3 is 0 Å². The summed E-state index contributed by atoms with van der Waals surface area (Å²) >= 11 is 6.46. The highest BCUT2D eigenvalue weighted by atomic mass is 35.5. The first-order valence-corrected chi connectivity index (χ1v) is 11.8. The number of carbonyl (C=O) groups is 1. The molecule has 0 aromatic carbocycles. The molecular weight excluding hydrogens is 456 g/mol. The van der Waals surface area contributed by atoms with Crippen molar-refractivity contribution in [3.63, 3.8) is 0 Å². The van der Waals surface area contributed by atoms with E-state index < -0.39 is 11.8 Å². The van der Waals surface area contributed by atoms with Crippen LogP contribution in [0.15, 0.2) is 6.20 Å². The number of halogens is 3. The molecule has 10 heteroatoms. The molecule has 0 radical (unpaired) electrons. The first kappa shape index (κ1) is 24.1. The van der Waals surface area contributed by atoms with E-state index in [0.29, 0.717) is 30.1 Å². The highest BCUT2D eigenvalue weighted by Gasteiger charge is 2.57. The van der Waals surface area contributed by atoms with E-state index in [-0.39, 0.29) is 47.8 Å². The molecule has 2 aromatic rings. The standard InChI is InChI=1S/C23H30ClF2N3O4/c1-13(8-14(2)30)11-31-16-4-6-17(7-5-16)33-22-28-18-10-27-21(19(24)20(18)29(22)3)32-12-15-9-23(15,25)26/h10,13,15-17H,4-9,11-12H2,1-3H3/t13-,15?,16?,17?/m1/s1. The highest BCUT2D eigenvalue weighted by Crippen LogP contribution is 2.48. The van der Waals surface area contributed by atoms with Crippen LogP contribution in [0, 0.1) is 11.8 Å². The van der Waals surface area contributed by atoms with Gasteiger partial charge in [0.1, 0.15) is 22.4 Å². The van der Waals surface area contributed by atoms with Crippen molar-refractivity contribution in [2.45, 2.75) is 70.5 Å². The Kier molecular flexibility index (Phi) is 7.09. The predicted octanol–water partition coefficient (Wildman–Crippen LogP) is 4.98. The fourth-order valence-corrected chi connectivity index (χ4v) is 4.60. The third-order valence-electron chi connectivity index (χ3n) is 6.30. The van der Waals surface area contributed by atoms with Crippen LogP contribution in [0.5, 0.6) is 11.9 Å². The molecule has 2 atom stereocenters. The molecule has 0 amide bonds. The van der Waals surface area contributed by atoms with Crippen molar-refractivity contribution in [2.24, 2.45) is 18.9 Å². The molecule has 4 rings (SSSR count). The van der Waals surface area contributed by atoms with Crippen molar-refractivity contribution in [1.82, 2.24) is 14.5 Å². The lowest BCUT2D eigenvalue weighted by atomic mass is 9.95.